The van der Waals surface area contributed by atoms with Crippen LogP contribution in [-0.2, 0) is 0 Å². The van der Waals surface area contributed by atoms with Crippen molar-refractivity contribution in [2.75, 3.05) is 6.54 Å². The van der Waals surface area contributed by atoms with Crippen LogP contribution in [0.4, 0.5) is 0 Å². The van der Waals surface area contributed by atoms with Gasteiger partial charge in [0.2, 0.25) is 0 Å². The van der Waals surface area contributed by atoms with Gasteiger partial charge in [-0.15, -0.1) is 5.10 Å². The maximum absolute atomic E-state index is 5.93. The Bertz CT molecular complexity index is 224. The van der Waals surface area contributed by atoms with Crippen LogP contribution >= 0.6 is 0 Å². The molecule has 1 fully saturated rings. The van der Waals surface area contributed by atoms with Gasteiger partial charge in [-0.05, 0) is 25.7 Å². The number of hydrogen-bond acceptors (Lipinski definition) is 4. The van der Waals surface area contributed by atoms with Gasteiger partial charge in [0, 0.05) is 18.3 Å². The molecular formula is C9H16N4. The van der Waals surface area contributed by atoms with Crippen molar-refractivity contribution >= 4 is 12.6 Å². The van der Waals surface area contributed by atoms with E-state index in [1.165, 1.54) is 19.3 Å². The molecule has 2 unspecified atom stereocenters. The first-order valence-electron chi connectivity index (χ1n) is 4.92. The zero-order valence-electron chi connectivity index (χ0n) is 7.76. The number of nitrogens with two attached hydrogens (primary N) is 1. The van der Waals surface area contributed by atoms with Gasteiger partial charge in [0.1, 0.15) is 6.34 Å². The Balaban J connectivity index is 1.92. The van der Waals surface area contributed by atoms with Crippen LogP contribution in [0.1, 0.15) is 25.7 Å². The first kappa shape index (κ1) is 8.69. The van der Waals surface area contributed by atoms with E-state index in [2.05, 4.69) is 15.1 Å². The minimum atomic E-state index is 0.381. The van der Waals surface area contributed by atoms with Gasteiger partial charge in [0.05, 0.1) is 6.54 Å². The molecule has 0 aromatic carbocycles. The fourth-order valence-electron chi connectivity index (χ4n) is 2.07. The van der Waals surface area contributed by atoms with Gasteiger partial charge in [0.15, 0.2) is 0 Å². The predicted octanol–water partition coefficient (Wildman–Crippen LogP) is 0.586. The van der Waals surface area contributed by atoms with Gasteiger partial charge in [0.25, 0.3) is 0 Å². The second kappa shape index (κ2) is 3.87. The van der Waals surface area contributed by atoms with E-state index in [1.807, 2.05) is 12.6 Å². The molecule has 0 radical (unpaired) electrons. The lowest BCUT2D eigenvalue weighted by atomic mass is 9.91. The molecule has 2 atom stereocenters. The van der Waals surface area contributed by atoms with E-state index in [1.54, 1.807) is 0 Å². The van der Waals surface area contributed by atoms with Crippen LogP contribution in [0.25, 0.3) is 0 Å². The summed E-state index contributed by atoms with van der Waals surface area (Å²) >= 11 is 0. The molecular weight excluding hydrogens is 164 g/mol. The van der Waals surface area contributed by atoms with Gasteiger partial charge >= 0.3 is 0 Å². The summed E-state index contributed by atoms with van der Waals surface area (Å²) in [7, 11) is 0. The molecule has 1 aliphatic heterocycles. The molecule has 1 aliphatic carbocycles. The molecule has 0 aromatic heterocycles. The highest BCUT2D eigenvalue weighted by Crippen LogP contribution is 2.21. The fourth-order valence-corrected chi connectivity index (χ4v) is 2.07. The van der Waals surface area contributed by atoms with Gasteiger partial charge in [-0.3, -0.25) is 0 Å². The van der Waals surface area contributed by atoms with E-state index in [0.29, 0.717) is 12.1 Å². The van der Waals surface area contributed by atoms with Crippen molar-refractivity contribution in [2.45, 2.75) is 37.8 Å². The van der Waals surface area contributed by atoms with Crippen molar-refractivity contribution < 1.29 is 0 Å². The first-order valence-corrected chi connectivity index (χ1v) is 4.92. The molecule has 4 nitrogen and oxygen atoms in total. The molecule has 72 valence electrons. The highest BCUT2D eigenvalue weighted by atomic mass is 15.3. The second-order valence-electron chi connectivity index (χ2n) is 3.81. The van der Waals surface area contributed by atoms with Gasteiger partial charge in [-0.2, -0.15) is 5.10 Å². The van der Waals surface area contributed by atoms with Gasteiger partial charge in [-0.25, -0.2) is 0 Å². The van der Waals surface area contributed by atoms with Crippen molar-refractivity contribution in [3.05, 3.63) is 0 Å². The number of nitrogens with zero attached hydrogens (tertiary/aromatic N) is 3. The Morgan fingerprint density at radius 3 is 2.92 bits per heavy atom. The van der Waals surface area contributed by atoms with Crippen LogP contribution in [0, 0.1) is 0 Å². The van der Waals surface area contributed by atoms with Crippen LogP contribution in [0.15, 0.2) is 10.2 Å². The molecule has 1 heterocycles. The monoisotopic (exact) mass is 180 g/mol. The number of hydrogen-bond donors (Lipinski definition) is 1. The molecule has 0 amide bonds. The standard InChI is InChI=1S/C9H16N4/c10-8-2-1-3-9(6-8)13-5-4-11-12-7-13/h4,7-9H,1-3,5-6,10H2. The molecule has 4 heteroatoms. The Hall–Kier alpha value is -0.900. The van der Waals surface area contributed by atoms with Crippen molar-refractivity contribution in [1.29, 1.82) is 0 Å². The summed E-state index contributed by atoms with van der Waals surface area (Å²) in [4.78, 5) is 2.24. The largest absolute Gasteiger partial charge is 0.353 e. The van der Waals surface area contributed by atoms with Gasteiger partial charge < -0.3 is 10.6 Å². The Morgan fingerprint density at radius 2 is 2.23 bits per heavy atom. The van der Waals surface area contributed by atoms with Crippen LogP contribution < -0.4 is 5.73 Å². The minimum Gasteiger partial charge on any atom is -0.353 e. The molecule has 1 saturated carbocycles. The zero-order valence-corrected chi connectivity index (χ0v) is 7.76. The highest BCUT2D eigenvalue weighted by Gasteiger charge is 2.23. The molecule has 2 aliphatic rings. The van der Waals surface area contributed by atoms with Gasteiger partial charge in [-0.1, -0.05) is 0 Å². The van der Waals surface area contributed by atoms with Crippen LogP contribution in [-0.4, -0.2) is 36.1 Å². The van der Waals surface area contributed by atoms with E-state index in [-0.39, 0.29) is 0 Å². The Morgan fingerprint density at radius 1 is 1.31 bits per heavy atom. The third-order valence-electron chi connectivity index (χ3n) is 2.80. The van der Waals surface area contributed by atoms with Crippen LogP contribution in [0.5, 0.6) is 0 Å². The van der Waals surface area contributed by atoms with Crippen molar-refractivity contribution in [2.24, 2.45) is 15.9 Å². The van der Waals surface area contributed by atoms with E-state index in [0.717, 1.165) is 13.0 Å². The predicted molar refractivity (Wildman–Crippen MR) is 53.9 cm³/mol. The molecule has 2 N–H and O–H groups in total. The maximum atomic E-state index is 5.93. The summed E-state index contributed by atoms with van der Waals surface area (Å²) < 4.78 is 0. The average Bonchev–Trinajstić information content (AvgIpc) is 2.19. The molecule has 13 heavy (non-hydrogen) atoms. The molecule has 0 bridgehead atoms. The number of rotatable bonds is 1. The molecule has 0 spiro atoms. The van der Waals surface area contributed by atoms with E-state index < -0.39 is 0 Å². The van der Waals surface area contributed by atoms with Crippen LogP contribution in [0.3, 0.4) is 0 Å². The lowest BCUT2D eigenvalue weighted by molar-refractivity contribution is 0.251. The smallest absolute Gasteiger partial charge is 0.114 e. The quantitative estimate of drug-likeness (QED) is 0.642. The third-order valence-corrected chi connectivity index (χ3v) is 2.80. The lowest BCUT2D eigenvalue weighted by Crippen LogP contribution is -2.43. The SMILES string of the molecule is NC1CCCC(N2C=NN=CC2)C1. The zero-order chi connectivity index (χ0) is 9.10. The van der Waals surface area contributed by atoms with E-state index in [4.69, 9.17) is 5.73 Å². The van der Waals surface area contributed by atoms with Crippen molar-refractivity contribution in [3.63, 3.8) is 0 Å². The summed E-state index contributed by atoms with van der Waals surface area (Å²) in [6.45, 7) is 0.890. The lowest BCUT2D eigenvalue weighted by Gasteiger charge is -2.34. The van der Waals surface area contributed by atoms with Crippen LogP contribution in [0.2, 0.25) is 0 Å². The highest BCUT2D eigenvalue weighted by molar-refractivity contribution is 5.70. The maximum Gasteiger partial charge on any atom is 0.114 e. The molecule has 2 rings (SSSR count). The Kier molecular flexibility index (Phi) is 2.59. The Labute approximate surface area is 78.5 Å². The summed E-state index contributed by atoms with van der Waals surface area (Å²) in [5, 5.41) is 7.70. The van der Waals surface area contributed by atoms with Crippen molar-refractivity contribution in [1.82, 2.24) is 4.90 Å². The first-order chi connectivity index (χ1) is 6.36. The minimum absolute atomic E-state index is 0.381. The third kappa shape index (κ3) is 2.06. The summed E-state index contributed by atoms with van der Waals surface area (Å²) in [5.74, 6) is 0. The summed E-state index contributed by atoms with van der Waals surface area (Å²) in [6, 6.07) is 0.963. The van der Waals surface area contributed by atoms with E-state index in [9.17, 15) is 0 Å². The summed E-state index contributed by atoms with van der Waals surface area (Å²) in [6.07, 6.45) is 8.44. The average molecular weight is 180 g/mol. The topological polar surface area (TPSA) is 54.0 Å². The fraction of sp³-hybridized carbons (Fsp3) is 0.778. The van der Waals surface area contributed by atoms with Crippen molar-refractivity contribution in [3.8, 4) is 0 Å². The van der Waals surface area contributed by atoms with E-state index >= 15 is 0 Å². The molecule has 0 aromatic rings. The normalized spacial score (nSPS) is 33.8. The summed E-state index contributed by atoms with van der Waals surface area (Å²) in [5.41, 5.74) is 5.93. The molecule has 0 saturated heterocycles. The second-order valence-corrected chi connectivity index (χ2v) is 3.81.